The fraction of sp³-hybridized carbons (Fsp3) is 0.267. The van der Waals surface area contributed by atoms with Gasteiger partial charge in [-0.25, -0.2) is 15.0 Å². The molecule has 0 radical (unpaired) electrons. The summed E-state index contributed by atoms with van der Waals surface area (Å²) in [5, 5.41) is 5.64. The molecule has 2 aromatic carbocycles. The number of hydrogen-bond acceptors (Lipinski definition) is 8. The molecule has 13 heteroatoms. The second kappa shape index (κ2) is 12.6. The molecule has 2 aromatic heterocycles. The number of anilines is 3. The van der Waals surface area contributed by atoms with Crippen LogP contribution in [0.3, 0.4) is 0 Å². The summed E-state index contributed by atoms with van der Waals surface area (Å²) in [4.78, 5) is 30.0. The summed E-state index contributed by atoms with van der Waals surface area (Å²) in [7, 11) is 5.31. The van der Waals surface area contributed by atoms with Gasteiger partial charge in [0.2, 0.25) is 11.8 Å². The van der Waals surface area contributed by atoms with Crippen molar-refractivity contribution in [3.8, 4) is 22.9 Å². The quantitative estimate of drug-likeness (QED) is 0.221. The number of benzene rings is 2. The fourth-order valence-corrected chi connectivity index (χ4v) is 5.40. The number of carbonyl (C=O) groups is 1. The van der Waals surface area contributed by atoms with E-state index in [2.05, 4.69) is 46.4 Å². The second-order valence-corrected chi connectivity index (χ2v) is 11.1. The summed E-state index contributed by atoms with van der Waals surface area (Å²) < 4.78 is 48.4. The second-order valence-electron chi connectivity index (χ2n) is 10.1. The number of nitrogens with zero attached hydrogens (tertiary/aromatic N) is 5. The normalized spacial score (nSPS) is 15.3. The summed E-state index contributed by atoms with van der Waals surface area (Å²) in [5.74, 6) is 0.499. The Bertz CT molecular complexity index is 1640. The number of likely N-dealkylation sites (tertiary alicyclic amines) is 1. The lowest BCUT2D eigenvalue weighted by atomic mass is 10.1. The molecule has 0 spiro atoms. The molecule has 1 unspecified atom stereocenters. The van der Waals surface area contributed by atoms with Crippen molar-refractivity contribution in [2.45, 2.75) is 18.6 Å². The highest BCUT2D eigenvalue weighted by Crippen LogP contribution is 2.39. The number of ether oxygens (including phenoxy) is 1. The van der Waals surface area contributed by atoms with E-state index in [0.717, 1.165) is 19.0 Å². The van der Waals surface area contributed by atoms with E-state index in [1.54, 1.807) is 61.7 Å². The van der Waals surface area contributed by atoms with Gasteiger partial charge >= 0.3 is 6.18 Å². The largest absolute Gasteiger partial charge is 0.438 e. The molecule has 1 amide bonds. The molecule has 4 aromatic rings. The third-order valence-electron chi connectivity index (χ3n) is 7.13. The Morgan fingerprint density at radius 2 is 1.93 bits per heavy atom. The zero-order chi connectivity index (χ0) is 30.7. The first-order valence-electron chi connectivity index (χ1n) is 13.4. The Hall–Kier alpha value is -4.23. The van der Waals surface area contributed by atoms with Crippen LogP contribution in [0.1, 0.15) is 22.3 Å². The van der Waals surface area contributed by atoms with E-state index in [4.69, 9.17) is 4.74 Å². The molecule has 1 atom stereocenters. The van der Waals surface area contributed by atoms with Gasteiger partial charge in [-0.15, -0.1) is 0 Å². The molecule has 43 heavy (non-hydrogen) atoms. The topological polar surface area (TPSA) is 95.5 Å². The van der Waals surface area contributed by atoms with Crippen molar-refractivity contribution in [3.63, 3.8) is 0 Å². The molecule has 224 valence electrons. The van der Waals surface area contributed by atoms with E-state index in [0.29, 0.717) is 34.0 Å². The van der Waals surface area contributed by atoms with Gasteiger partial charge in [-0.3, -0.25) is 4.79 Å². The standard InChI is InChI=1S/C30H29BrF3N7O2/c1-35-29-37-11-8-25(39-29)23-5-4-10-36-28(23)43-22-14-18(13-19(31)15-22)27(42)38-20-6-7-24(30(32,33)34)26(16-20)41(3)21-9-12-40(2)17-21/h4-8,10-11,13-16,21H,9,12,17H2,1-3H3,(H,38,42)(H,35,37,39). The zero-order valence-corrected chi connectivity index (χ0v) is 25.2. The maximum absolute atomic E-state index is 13.9. The minimum atomic E-state index is -4.54. The number of carbonyl (C=O) groups excluding carboxylic acids is 1. The molecule has 1 fully saturated rings. The summed E-state index contributed by atoms with van der Waals surface area (Å²) in [6.07, 6.45) is -0.609. The van der Waals surface area contributed by atoms with Crippen molar-refractivity contribution in [1.29, 1.82) is 0 Å². The highest BCUT2D eigenvalue weighted by atomic mass is 79.9. The Labute approximate surface area is 255 Å². The Kier molecular flexibility index (Phi) is 8.83. The van der Waals surface area contributed by atoms with E-state index in [9.17, 15) is 18.0 Å². The molecule has 0 saturated carbocycles. The van der Waals surface area contributed by atoms with Crippen LogP contribution in [0.15, 0.2) is 71.5 Å². The van der Waals surface area contributed by atoms with E-state index < -0.39 is 17.6 Å². The third kappa shape index (κ3) is 7.05. The number of aromatic nitrogens is 3. The van der Waals surface area contributed by atoms with E-state index >= 15 is 0 Å². The van der Waals surface area contributed by atoms with E-state index in [-0.39, 0.29) is 28.9 Å². The number of likely N-dealkylation sites (N-methyl/N-ethyl adjacent to an activating group) is 2. The molecular weight excluding hydrogens is 627 g/mol. The van der Waals surface area contributed by atoms with Crippen LogP contribution < -0.4 is 20.3 Å². The predicted octanol–water partition coefficient (Wildman–Crippen LogP) is 6.55. The van der Waals surface area contributed by atoms with E-state index in [1.807, 2.05) is 7.05 Å². The first-order chi connectivity index (χ1) is 20.5. The van der Waals surface area contributed by atoms with Gasteiger partial charge in [0.1, 0.15) is 5.75 Å². The minimum Gasteiger partial charge on any atom is -0.438 e. The molecule has 1 aliphatic rings. The molecule has 0 bridgehead atoms. The van der Waals surface area contributed by atoms with Crippen molar-refractivity contribution in [1.82, 2.24) is 19.9 Å². The SMILES string of the molecule is CNc1nccc(-c2cccnc2Oc2cc(Br)cc(C(=O)Nc3ccc(C(F)(F)F)c(N(C)C4CCN(C)C4)c3)c2)n1. The van der Waals surface area contributed by atoms with Crippen LogP contribution in [0.2, 0.25) is 0 Å². The number of halogens is 4. The number of alkyl halides is 3. The summed E-state index contributed by atoms with van der Waals surface area (Å²) in [6, 6.07) is 13.6. The van der Waals surface area contributed by atoms with Crippen LogP contribution in [0.4, 0.5) is 30.5 Å². The van der Waals surface area contributed by atoms with Gasteiger partial charge in [0, 0.05) is 54.8 Å². The average Bonchev–Trinajstić information content (AvgIpc) is 3.42. The fourth-order valence-electron chi connectivity index (χ4n) is 4.93. The lowest BCUT2D eigenvalue weighted by molar-refractivity contribution is -0.137. The molecule has 3 heterocycles. The summed E-state index contributed by atoms with van der Waals surface area (Å²) >= 11 is 3.42. The van der Waals surface area contributed by atoms with Crippen LogP contribution in [0, 0.1) is 0 Å². The molecule has 1 aliphatic heterocycles. The lowest BCUT2D eigenvalue weighted by Crippen LogP contribution is -2.35. The van der Waals surface area contributed by atoms with Crippen LogP contribution in [-0.2, 0) is 6.18 Å². The first kappa shape index (κ1) is 30.2. The molecule has 2 N–H and O–H groups in total. The number of pyridine rings is 1. The van der Waals surface area contributed by atoms with Crippen LogP contribution in [-0.4, -0.2) is 66.0 Å². The Balaban J connectivity index is 1.40. The highest BCUT2D eigenvalue weighted by Gasteiger charge is 2.36. The van der Waals surface area contributed by atoms with Gasteiger partial charge in [-0.2, -0.15) is 13.2 Å². The van der Waals surface area contributed by atoms with Crippen molar-refractivity contribution < 1.29 is 22.7 Å². The van der Waals surface area contributed by atoms with Gasteiger partial charge < -0.3 is 25.2 Å². The van der Waals surface area contributed by atoms with Crippen molar-refractivity contribution in [2.75, 3.05) is 49.8 Å². The zero-order valence-electron chi connectivity index (χ0n) is 23.6. The number of amides is 1. The van der Waals surface area contributed by atoms with Gasteiger partial charge in [-0.1, -0.05) is 15.9 Å². The smallest absolute Gasteiger partial charge is 0.418 e. The van der Waals surface area contributed by atoms with Crippen molar-refractivity contribution in [3.05, 3.63) is 82.6 Å². The third-order valence-corrected chi connectivity index (χ3v) is 7.59. The summed E-state index contributed by atoms with van der Waals surface area (Å²) in [5.41, 5.74) is 0.929. The van der Waals surface area contributed by atoms with Gasteiger partial charge in [0.25, 0.3) is 5.91 Å². The lowest BCUT2D eigenvalue weighted by Gasteiger charge is -2.29. The minimum absolute atomic E-state index is 0.0118. The highest BCUT2D eigenvalue weighted by molar-refractivity contribution is 9.10. The van der Waals surface area contributed by atoms with Crippen LogP contribution >= 0.6 is 15.9 Å². The number of hydrogen-bond donors (Lipinski definition) is 2. The van der Waals surface area contributed by atoms with Gasteiger partial charge in [0.05, 0.1) is 22.5 Å². The predicted molar refractivity (Wildman–Crippen MR) is 163 cm³/mol. The molecule has 1 saturated heterocycles. The van der Waals surface area contributed by atoms with Crippen molar-refractivity contribution >= 4 is 39.2 Å². The van der Waals surface area contributed by atoms with E-state index in [1.165, 1.54) is 18.2 Å². The van der Waals surface area contributed by atoms with Crippen LogP contribution in [0.5, 0.6) is 11.6 Å². The van der Waals surface area contributed by atoms with Gasteiger partial charge in [-0.05, 0) is 74.6 Å². The van der Waals surface area contributed by atoms with Crippen LogP contribution in [0.25, 0.3) is 11.3 Å². The average molecular weight is 657 g/mol. The maximum atomic E-state index is 13.9. The first-order valence-corrected chi connectivity index (χ1v) is 14.2. The monoisotopic (exact) mass is 655 g/mol. The summed E-state index contributed by atoms with van der Waals surface area (Å²) in [6.45, 7) is 1.45. The molecule has 9 nitrogen and oxygen atoms in total. The Morgan fingerprint density at radius 1 is 1.12 bits per heavy atom. The number of rotatable bonds is 8. The Morgan fingerprint density at radius 3 is 2.65 bits per heavy atom. The molecule has 5 rings (SSSR count). The molecular formula is C30H29BrF3N7O2. The van der Waals surface area contributed by atoms with Gasteiger partial charge in [0.15, 0.2) is 0 Å². The van der Waals surface area contributed by atoms with Crippen molar-refractivity contribution in [2.24, 2.45) is 0 Å². The number of nitrogens with one attached hydrogen (secondary N) is 2. The maximum Gasteiger partial charge on any atom is 0.418 e. The molecule has 0 aliphatic carbocycles.